The Hall–Kier alpha value is -0.320. The van der Waals surface area contributed by atoms with Crippen molar-refractivity contribution in [2.75, 3.05) is 20.4 Å². The molecule has 0 amide bonds. The van der Waals surface area contributed by atoms with E-state index >= 15 is 0 Å². The molecule has 0 heterocycles. The SMILES string of the molecule is CCCCC(OCO)(OCO)C(O)(O)OCO. The summed E-state index contributed by atoms with van der Waals surface area (Å²) in [6, 6.07) is 0. The summed E-state index contributed by atoms with van der Waals surface area (Å²) in [6.07, 6.45) is 1.08. The van der Waals surface area contributed by atoms with Crippen LogP contribution in [0.2, 0.25) is 0 Å². The lowest BCUT2D eigenvalue weighted by Crippen LogP contribution is -2.60. The molecule has 0 saturated heterocycles. The van der Waals surface area contributed by atoms with Crippen molar-refractivity contribution in [1.82, 2.24) is 0 Å². The van der Waals surface area contributed by atoms with Crippen molar-refractivity contribution >= 4 is 0 Å². The summed E-state index contributed by atoms with van der Waals surface area (Å²) < 4.78 is 13.7. The van der Waals surface area contributed by atoms with E-state index < -0.39 is 32.1 Å². The molecule has 0 fully saturated rings. The van der Waals surface area contributed by atoms with Crippen LogP contribution in [0.15, 0.2) is 0 Å². The molecule has 0 aromatic heterocycles. The van der Waals surface area contributed by atoms with Gasteiger partial charge < -0.3 is 35.0 Å². The van der Waals surface area contributed by atoms with Crippen molar-refractivity contribution in [2.24, 2.45) is 0 Å². The van der Waals surface area contributed by atoms with Crippen molar-refractivity contribution in [3.05, 3.63) is 0 Å². The van der Waals surface area contributed by atoms with Gasteiger partial charge in [0.15, 0.2) is 0 Å². The van der Waals surface area contributed by atoms with Gasteiger partial charge in [-0.05, 0) is 6.42 Å². The second kappa shape index (κ2) is 7.90. The lowest BCUT2D eigenvalue weighted by atomic mass is 10.1. The van der Waals surface area contributed by atoms with E-state index in [9.17, 15) is 10.2 Å². The number of ether oxygens (including phenoxy) is 3. The van der Waals surface area contributed by atoms with Crippen molar-refractivity contribution in [3.63, 3.8) is 0 Å². The molecule has 0 unspecified atom stereocenters. The number of unbranched alkanes of at least 4 members (excludes halogenated alkanes) is 1. The molecule has 0 aliphatic heterocycles. The fraction of sp³-hybridized carbons (Fsp3) is 1.00. The summed E-state index contributed by atoms with van der Waals surface area (Å²) in [6.45, 7) is -0.904. The zero-order valence-corrected chi connectivity index (χ0v) is 9.70. The molecule has 0 saturated carbocycles. The molecule has 8 nitrogen and oxygen atoms in total. The normalized spacial score (nSPS) is 13.1. The minimum atomic E-state index is -3.00. The third kappa shape index (κ3) is 4.45. The molecule has 0 atom stereocenters. The molecule has 5 N–H and O–H groups in total. The van der Waals surface area contributed by atoms with Gasteiger partial charge in [0.05, 0.1) is 0 Å². The maximum atomic E-state index is 9.61. The summed E-state index contributed by atoms with van der Waals surface area (Å²) in [5.41, 5.74) is 0. The van der Waals surface area contributed by atoms with E-state index in [4.69, 9.17) is 24.8 Å². The van der Waals surface area contributed by atoms with Gasteiger partial charge in [-0.2, -0.15) is 0 Å². The van der Waals surface area contributed by atoms with Crippen LogP contribution in [-0.2, 0) is 14.2 Å². The monoisotopic (exact) mass is 256 g/mol. The van der Waals surface area contributed by atoms with Crippen molar-refractivity contribution in [2.45, 2.75) is 37.9 Å². The van der Waals surface area contributed by atoms with E-state index in [1.54, 1.807) is 0 Å². The summed E-state index contributed by atoms with van der Waals surface area (Å²) in [4.78, 5) is 0. The first-order chi connectivity index (χ1) is 7.99. The van der Waals surface area contributed by atoms with Gasteiger partial charge in [-0.15, -0.1) is 0 Å². The summed E-state index contributed by atoms with van der Waals surface area (Å²) in [5.74, 6) is -5.17. The quantitative estimate of drug-likeness (QED) is 0.296. The van der Waals surface area contributed by atoms with E-state index in [0.717, 1.165) is 0 Å². The molecular weight excluding hydrogens is 236 g/mol. The molecule has 0 aromatic rings. The zero-order valence-electron chi connectivity index (χ0n) is 9.70. The van der Waals surface area contributed by atoms with Crippen LogP contribution < -0.4 is 0 Å². The third-order valence-corrected chi connectivity index (χ3v) is 2.22. The molecule has 17 heavy (non-hydrogen) atoms. The second-order valence-electron chi connectivity index (χ2n) is 3.29. The average molecular weight is 256 g/mol. The van der Waals surface area contributed by atoms with Crippen molar-refractivity contribution in [1.29, 1.82) is 0 Å². The predicted octanol–water partition coefficient (Wildman–Crippen LogP) is -1.59. The van der Waals surface area contributed by atoms with E-state index in [1.807, 2.05) is 6.92 Å². The molecular formula is C9H20O8. The number of aliphatic hydroxyl groups excluding tert-OH is 3. The Bertz CT molecular complexity index is 189. The summed E-state index contributed by atoms with van der Waals surface area (Å²) in [5, 5.41) is 45.2. The molecule has 0 spiro atoms. The molecule has 104 valence electrons. The fourth-order valence-corrected chi connectivity index (χ4v) is 1.35. The Balaban J connectivity index is 4.97. The number of hydrogen-bond donors (Lipinski definition) is 5. The minimum absolute atomic E-state index is 0.0579. The first kappa shape index (κ1) is 16.7. The van der Waals surface area contributed by atoms with Gasteiger partial charge in [-0.1, -0.05) is 13.3 Å². The number of aliphatic hydroxyl groups is 5. The van der Waals surface area contributed by atoms with Crippen molar-refractivity contribution < 1.29 is 39.7 Å². The van der Waals surface area contributed by atoms with Gasteiger partial charge in [0.25, 0.3) is 5.79 Å². The largest absolute Gasteiger partial charge is 0.370 e. The van der Waals surface area contributed by atoms with Crippen LogP contribution >= 0.6 is 0 Å². The third-order valence-electron chi connectivity index (χ3n) is 2.22. The first-order valence-corrected chi connectivity index (χ1v) is 5.18. The maximum absolute atomic E-state index is 9.61. The van der Waals surface area contributed by atoms with Crippen LogP contribution in [0.25, 0.3) is 0 Å². The lowest BCUT2D eigenvalue weighted by molar-refractivity contribution is -0.496. The van der Waals surface area contributed by atoms with E-state index in [1.165, 1.54) is 0 Å². The standard InChI is InChI=1S/C9H20O8/c1-2-3-4-8(15-5-10,16-6-11)9(13,14)17-7-12/h10-14H,2-7H2,1H3. The van der Waals surface area contributed by atoms with Gasteiger partial charge in [-0.25, -0.2) is 0 Å². The van der Waals surface area contributed by atoms with Gasteiger partial charge in [0.1, 0.15) is 20.4 Å². The van der Waals surface area contributed by atoms with Gasteiger partial charge in [0, 0.05) is 6.42 Å². The number of hydrogen-bond acceptors (Lipinski definition) is 8. The molecule has 0 radical (unpaired) electrons. The molecule has 0 aromatic carbocycles. The van der Waals surface area contributed by atoms with Gasteiger partial charge >= 0.3 is 5.97 Å². The lowest BCUT2D eigenvalue weighted by Gasteiger charge is -2.40. The second-order valence-corrected chi connectivity index (χ2v) is 3.29. The smallest absolute Gasteiger partial charge is 0.337 e. The Morgan fingerprint density at radius 2 is 1.35 bits per heavy atom. The molecule has 0 aliphatic rings. The highest BCUT2D eigenvalue weighted by Gasteiger charge is 2.54. The predicted molar refractivity (Wildman–Crippen MR) is 53.9 cm³/mol. The fourth-order valence-electron chi connectivity index (χ4n) is 1.35. The molecule has 0 aliphatic carbocycles. The van der Waals surface area contributed by atoms with Crippen LogP contribution in [0.5, 0.6) is 0 Å². The topological polar surface area (TPSA) is 129 Å². The summed E-state index contributed by atoms with van der Waals surface area (Å²) >= 11 is 0. The Morgan fingerprint density at radius 1 is 0.882 bits per heavy atom. The van der Waals surface area contributed by atoms with Gasteiger partial charge in [-0.3, -0.25) is 4.74 Å². The van der Waals surface area contributed by atoms with Crippen LogP contribution in [0.4, 0.5) is 0 Å². The minimum Gasteiger partial charge on any atom is -0.370 e. The first-order valence-electron chi connectivity index (χ1n) is 5.18. The van der Waals surface area contributed by atoms with E-state index in [-0.39, 0.29) is 6.42 Å². The highest BCUT2D eigenvalue weighted by atomic mass is 16.9. The van der Waals surface area contributed by atoms with Crippen LogP contribution in [0.1, 0.15) is 26.2 Å². The highest BCUT2D eigenvalue weighted by molar-refractivity contribution is 4.78. The Kier molecular flexibility index (Phi) is 7.75. The summed E-state index contributed by atoms with van der Waals surface area (Å²) in [7, 11) is 0. The van der Waals surface area contributed by atoms with Crippen LogP contribution in [0.3, 0.4) is 0 Å². The van der Waals surface area contributed by atoms with Crippen LogP contribution in [0, 0.1) is 0 Å². The molecule has 0 rings (SSSR count). The average Bonchev–Trinajstić information content (AvgIpc) is 2.26. The van der Waals surface area contributed by atoms with Crippen LogP contribution in [-0.4, -0.2) is 57.7 Å². The Morgan fingerprint density at radius 3 is 1.71 bits per heavy atom. The molecule has 8 heteroatoms. The van der Waals surface area contributed by atoms with Gasteiger partial charge in [0.2, 0.25) is 0 Å². The maximum Gasteiger partial charge on any atom is 0.337 e. The Labute approximate surface area is 99.0 Å². The zero-order chi connectivity index (χ0) is 13.4. The van der Waals surface area contributed by atoms with E-state index in [2.05, 4.69) is 4.74 Å². The van der Waals surface area contributed by atoms with E-state index in [0.29, 0.717) is 12.8 Å². The molecule has 0 bridgehead atoms. The number of rotatable bonds is 10. The highest BCUT2D eigenvalue weighted by Crippen LogP contribution is 2.32. The van der Waals surface area contributed by atoms with Crippen molar-refractivity contribution in [3.8, 4) is 0 Å².